The van der Waals surface area contributed by atoms with E-state index in [0.717, 1.165) is 37.0 Å². The summed E-state index contributed by atoms with van der Waals surface area (Å²) in [7, 11) is -2.04. The molecule has 15 heteroatoms. The number of carbonyl (C=O) groups excluding carboxylic acids is 6. The molecule has 3 aliphatic heterocycles. The molecule has 0 saturated carbocycles. The third kappa shape index (κ3) is 11.2. The molecule has 0 spiro atoms. The number of cyclic esters (lactones) is 1. The molecule has 334 valence electrons. The van der Waals surface area contributed by atoms with Gasteiger partial charge in [-0.15, -0.1) is 0 Å². The molecule has 1 aromatic carbocycles. The third-order valence-electron chi connectivity index (χ3n) is 13.4. The average Bonchev–Trinajstić information content (AvgIpc) is 3.43. The zero-order valence-corrected chi connectivity index (χ0v) is 38.0. The minimum absolute atomic E-state index is 0.0564. The summed E-state index contributed by atoms with van der Waals surface area (Å²) in [5.41, 5.74) is 2.22. The number of unbranched alkanes of at least 4 members (excludes halogenated alkanes) is 1. The molecule has 2 fully saturated rings. The molecule has 0 radical (unpaired) electrons. The maximum Gasteiger partial charge on any atom is 0.407 e. The topological polar surface area (TPSA) is 179 Å². The summed E-state index contributed by atoms with van der Waals surface area (Å²) in [6, 6.07) is 4.00. The third-order valence-corrected chi connectivity index (χ3v) is 17.9. The number of piperidine rings is 1. The van der Waals surface area contributed by atoms with Gasteiger partial charge < -0.3 is 29.3 Å². The normalized spacial score (nSPS) is 27.8. The number of hydrogen-bond donors (Lipinski definition) is 3. The highest BCUT2D eigenvalue weighted by Crippen LogP contribution is 2.46. The SMILES string of the molecule is C[C@H]1C=C2C=C[C@H](C)[C@H](CC[C@@H]3C[C@@H](O[Si](C)(C)C(C)(C)C)CC(=O)O3)[C@H]2[C@@H](OC(=O)NCCCOCCCCNc2cccc3c2C(=O)N(C2CCC(=O)NC2=O)C3=O)C1. The Hall–Kier alpha value is -4.34. The van der Waals surface area contributed by atoms with Crippen molar-refractivity contribution in [2.24, 2.45) is 23.7 Å². The fourth-order valence-electron chi connectivity index (χ4n) is 9.16. The van der Waals surface area contributed by atoms with Crippen LogP contribution in [-0.4, -0.2) is 99.6 Å². The van der Waals surface area contributed by atoms with E-state index in [9.17, 15) is 28.8 Å². The van der Waals surface area contributed by atoms with E-state index in [2.05, 4.69) is 81.9 Å². The number of amides is 5. The smallest absolute Gasteiger partial charge is 0.407 e. The van der Waals surface area contributed by atoms with Gasteiger partial charge in [0.2, 0.25) is 11.8 Å². The van der Waals surface area contributed by atoms with Crippen LogP contribution in [0, 0.1) is 23.7 Å². The molecule has 3 heterocycles. The average molecular weight is 863 g/mol. The number of nitrogens with one attached hydrogen (secondary N) is 3. The van der Waals surface area contributed by atoms with Gasteiger partial charge >= 0.3 is 12.1 Å². The minimum Gasteiger partial charge on any atom is -0.462 e. The number of allylic oxidation sites excluding steroid dienone is 3. The zero-order chi connectivity index (χ0) is 44.1. The van der Waals surface area contributed by atoms with Crippen molar-refractivity contribution < 1.29 is 47.4 Å². The lowest BCUT2D eigenvalue weighted by molar-refractivity contribution is -0.160. The first-order chi connectivity index (χ1) is 28.9. The van der Waals surface area contributed by atoms with Crippen molar-refractivity contribution in [2.75, 3.05) is 31.6 Å². The van der Waals surface area contributed by atoms with E-state index in [-0.39, 0.29) is 77.0 Å². The molecule has 0 aromatic heterocycles. The van der Waals surface area contributed by atoms with Crippen LogP contribution >= 0.6 is 0 Å². The van der Waals surface area contributed by atoms with Crippen LogP contribution in [-0.2, 0) is 33.0 Å². The predicted molar refractivity (Wildman–Crippen MR) is 232 cm³/mol. The monoisotopic (exact) mass is 862 g/mol. The van der Waals surface area contributed by atoms with Gasteiger partial charge in [0.05, 0.1) is 23.7 Å². The van der Waals surface area contributed by atoms with Crippen LogP contribution in [0.3, 0.4) is 0 Å². The molecular formula is C46H66N4O10Si. The van der Waals surface area contributed by atoms with E-state index in [0.29, 0.717) is 51.3 Å². The van der Waals surface area contributed by atoms with E-state index < -0.39 is 44.1 Å². The Bertz CT molecular complexity index is 1890. The molecule has 5 aliphatic rings. The number of fused-ring (bicyclic) bond motifs is 2. The number of alkyl carbamates (subject to hydrolysis) is 1. The number of carbonyl (C=O) groups is 6. The highest BCUT2D eigenvalue weighted by Gasteiger charge is 2.47. The second kappa shape index (κ2) is 19.8. The molecule has 3 N–H and O–H groups in total. The number of nitrogens with zero attached hydrogens (tertiary/aromatic N) is 1. The van der Waals surface area contributed by atoms with Gasteiger partial charge in [0.25, 0.3) is 11.8 Å². The van der Waals surface area contributed by atoms with Crippen LogP contribution in [0.25, 0.3) is 0 Å². The number of hydrogen-bond acceptors (Lipinski definition) is 11. The maximum atomic E-state index is 13.3. The second-order valence-corrected chi connectivity index (χ2v) is 23.8. The Morgan fingerprint density at radius 1 is 0.984 bits per heavy atom. The number of rotatable bonds is 17. The van der Waals surface area contributed by atoms with E-state index >= 15 is 0 Å². The number of esters is 1. The summed E-state index contributed by atoms with van der Waals surface area (Å²) in [6.07, 6.45) is 11.4. The van der Waals surface area contributed by atoms with Crippen LogP contribution < -0.4 is 16.0 Å². The molecule has 1 aromatic rings. The molecule has 61 heavy (non-hydrogen) atoms. The zero-order valence-electron chi connectivity index (χ0n) is 37.0. The van der Waals surface area contributed by atoms with Gasteiger partial charge in [-0.2, -0.15) is 0 Å². The van der Waals surface area contributed by atoms with Crippen LogP contribution in [0.1, 0.15) is 120 Å². The highest BCUT2D eigenvalue weighted by atomic mass is 28.4. The van der Waals surface area contributed by atoms with Gasteiger partial charge in [-0.3, -0.25) is 34.2 Å². The van der Waals surface area contributed by atoms with Crippen molar-refractivity contribution in [3.05, 3.63) is 53.1 Å². The minimum atomic E-state index is -2.04. The summed E-state index contributed by atoms with van der Waals surface area (Å²) in [4.78, 5) is 77.2. The Kier molecular flexibility index (Phi) is 15.0. The van der Waals surface area contributed by atoms with Crippen molar-refractivity contribution in [1.29, 1.82) is 0 Å². The number of imide groups is 2. The van der Waals surface area contributed by atoms with Gasteiger partial charge in [-0.05, 0) is 98.5 Å². The number of anilines is 1. The van der Waals surface area contributed by atoms with Gasteiger partial charge in [-0.1, -0.05) is 58.9 Å². The summed E-state index contributed by atoms with van der Waals surface area (Å²) in [5, 5.41) is 8.46. The molecular weight excluding hydrogens is 797 g/mol. The van der Waals surface area contributed by atoms with Gasteiger partial charge in [0, 0.05) is 50.8 Å². The largest absolute Gasteiger partial charge is 0.462 e. The van der Waals surface area contributed by atoms with Crippen LogP contribution in [0.15, 0.2) is 42.0 Å². The molecule has 1 unspecified atom stereocenters. The first kappa shape index (κ1) is 46.2. The fraction of sp³-hybridized carbons (Fsp3) is 0.652. The van der Waals surface area contributed by atoms with Gasteiger partial charge in [0.15, 0.2) is 8.32 Å². The number of benzene rings is 1. The Morgan fingerprint density at radius 2 is 1.75 bits per heavy atom. The maximum absolute atomic E-state index is 13.3. The van der Waals surface area contributed by atoms with Crippen molar-refractivity contribution in [1.82, 2.24) is 15.5 Å². The standard InChI is InChI=1S/C46H66N4O10Si/c1-28-24-30-15-14-29(2)33(17-16-31-26-32(27-39(52)58-31)60-61(6,7)46(3,4)5)40(30)37(25-28)59-45(56)48-21-11-23-57-22-9-8-20-47-35-13-10-12-34-41(35)44(55)50(43(34)54)36-18-19-38(51)49-42(36)53/h10,12-15,24,28-29,31-33,36-37,40,47H,8-9,11,16-23,25-27H2,1-7H3,(H,48,56)(H,49,51,53)/t28-,29-,31+,32+,33-,36?,37-,40-/m0/s1. The summed E-state index contributed by atoms with van der Waals surface area (Å²) in [5.74, 6) is -1.46. The van der Waals surface area contributed by atoms with Gasteiger partial charge in [-0.25, -0.2) is 4.79 Å². The summed E-state index contributed by atoms with van der Waals surface area (Å²) in [6.45, 7) is 17.4. The molecule has 6 rings (SSSR count). The molecule has 0 bridgehead atoms. The first-order valence-electron chi connectivity index (χ1n) is 22.3. The Balaban J connectivity index is 0.895. The highest BCUT2D eigenvalue weighted by molar-refractivity contribution is 6.74. The van der Waals surface area contributed by atoms with Crippen molar-refractivity contribution in [3.63, 3.8) is 0 Å². The van der Waals surface area contributed by atoms with E-state index in [1.54, 1.807) is 18.2 Å². The molecule has 5 amide bonds. The molecule has 14 nitrogen and oxygen atoms in total. The van der Waals surface area contributed by atoms with Crippen molar-refractivity contribution in [3.8, 4) is 0 Å². The van der Waals surface area contributed by atoms with Crippen LogP contribution in [0.5, 0.6) is 0 Å². The van der Waals surface area contributed by atoms with E-state index in [1.165, 1.54) is 5.57 Å². The van der Waals surface area contributed by atoms with E-state index in [1.807, 2.05) is 0 Å². The second-order valence-electron chi connectivity index (χ2n) is 19.1. The summed E-state index contributed by atoms with van der Waals surface area (Å²) < 4.78 is 24.5. The summed E-state index contributed by atoms with van der Waals surface area (Å²) >= 11 is 0. The molecule has 2 aliphatic carbocycles. The Labute approximate surface area is 361 Å². The van der Waals surface area contributed by atoms with Crippen LogP contribution in [0.4, 0.5) is 10.5 Å². The van der Waals surface area contributed by atoms with Crippen molar-refractivity contribution >= 4 is 49.7 Å². The van der Waals surface area contributed by atoms with Crippen LogP contribution in [0.2, 0.25) is 18.1 Å². The van der Waals surface area contributed by atoms with Gasteiger partial charge in [0.1, 0.15) is 18.2 Å². The lowest BCUT2D eigenvalue weighted by Gasteiger charge is -2.44. The lowest BCUT2D eigenvalue weighted by atomic mass is 9.65. The fourth-order valence-corrected chi connectivity index (χ4v) is 10.5. The predicted octanol–water partition coefficient (Wildman–Crippen LogP) is 7.06. The molecule has 8 atom stereocenters. The quantitative estimate of drug-likeness (QED) is 0.0632. The van der Waals surface area contributed by atoms with E-state index in [4.69, 9.17) is 18.6 Å². The number of ether oxygens (including phenoxy) is 3. The molecule has 2 saturated heterocycles. The Morgan fingerprint density at radius 3 is 2.51 bits per heavy atom. The first-order valence-corrected chi connectivity index (χ1v) is 25.2. The lowest BCUT2D eigenvalue weighted by Crippen LogP contribution is -2.54. The van der Waals surface area contributed by atoms with Crippen molar-refractivity contribution in [2.45, 2.75) is 141 Å².